The predicted octanol–water partition coefficient (Wildman–Crippen LogP) is 1.61. The Hall–Kier alpha value is -2.45. The Morgan fingerprint density at radius 1 is 1.48 bits per heavy atom. The monoisotopic (exact) mass is 376 g/mol. The molecule has 27 heavy (non-hydrogen) atoms. The fourth-order valence-corrected chi connectivity index (χ4v) is 2.91. The molecule has 2 rings (SSSR count). The second-order valence-electron chi connectivity index (χ2n) is 7.42. The Balaban J connectivity index is 2.32. The Morgan fingerprint density at radius 3 is 2.81 bits per heavy atom. The molecular weight excluding hydrogens is 346 g/mol. The normalized spacial score (nSPS) is 20.0. The van der Waals surface area contributed by atoms with Gasteiger partial charge in [0.2, 0.25) is 0 Å². The van der Waals surface area contributed by atoms with Gasteiger partial charge in [0, 0.05) is 25.1 Å². The number of nitrogens with two attached hydrogens (primary N) is 1. The lowest BCUT2D eigenvalue weighted by Gasteiger charge is -2.35. The van der Waals surface area contributed by atoms with Crippen LogP contribution in [0.15, 0.2) is 30.2 Å². The minimum absolute atomic E-state index is 0.0674. The van der Waals surface area contributed by atoms with E-state index in [1.807, 2.05) is 46.0 Å². The SMILES string of the molecule is C/C=C/[C@H]1C[NH2+]/C(=C(\C=N)n2cc(COC)cn2)CN1C(=O)OC(C)(C)C. The molecule has 1 aliphatic rings. The van der Waals surface area contributed by atoms with Gasteiger partial charge in [-0.3, -0.25) is 4.90 Å². The van der Waals surface area contributed by atoms with Gasteiger partial charge in [-0.05, 0) is 27.7 Å². The molecule has 1 saturated heterocycles. The average Bonchev–Trinajstić information content (AvgIpc) is 3.04. The van der Waals surface area contributed by atoms with Crippen molar-refractivity contribution in [2.24, 2.45) is 0 Å². The van der Waals surface area contributed by atoms with Crippen LogP contribution in [0.2, 0.25) is 0 Å². The predicted molar refractivity (Wildman–Crippen MR) is 103 cm³/mol. The number of hydrogen-bond donors (Lipinski definition) is 2. The lowest BCUT2D eigenvalue weighted by molar-refractivity contribution is -0.619. The van der Waals surface area contributed by atoms with E-state index >= 15 is 0 Å². The second-order valence-corrected chi connectivity index (χ2v) is 7.42. The number of carbonyl (C=O) groups excluding carboxylic acids is 1. The third-order valence-electron chi connectivity index (χ3n) is 4.05. The zero-order valence-electron chi connectivity index (χ0n) is 16.7. The number of aromatic nitrogens is 2. The minimum Gasteiger partial charge on any atom is -0.444 e. The van der Waals surface area contributed by atoms with Crippen LogP contribution in [0.1, 0.15) is 33.3 Å². The summed E-state index contributed by atoms with van der Waals surface area (Å²) in [5.74, 6) is 0. The number of ether oxygens (including phenoxy) is 2. The fourth-order valence-electron chi connectivity index (χ4n) is 2.91. The van der Waals surface area contributed by atoms with Gasteiger partial charge in [0.25, 0.3) is 0 Å². The molecule has 148 valence electrons. The van der Waals surface area contributed by atoms with E-state index in [0.29, 0.717) is 25.4 Å². The highest BCUT2D eigenvalue weighted by Crippen LogP contribution is 2.17. The van der Waals surface area contributed by atoms with Gasteiger partial charge < -0.3 is 20.2 Å². The summed E-state index contributed by atoms with van der Waals surface area (Å²) < 4.78 is 12.4. The summed E-state index contributed by atoms with van der Waals surface area (Å²) in [7, 11) is 1.63. The molecule has 0 unspecified atom stereocenters. The number of hydrogen-bond acceptors (Lipinski definition) is 5. The average molecular weight is 376 g/mol. The lowest BCUT2D eigenvalue weighted by atomic mass is 10.1. The van der Waals surface area contributed by atoms with E-state index in [1.165, 1.54) is 6.21 Å². The van der Waals surface area contributed by atoms with E-state index in [9.17, 15) is 4.79 Å². The number of nitrogens with zero attached hydrogens (tertiary/aromatic N) is 3. The first-order valence-corrected chi connectivity index (χ1v) is 9.01. The van der Waals surface area contributed by atoms with Crippen molar-refractivity contribution in [3.63, 3.8) is 0 Å². The molecule has 1 atom stereocenters. The third kappa shape index (κ3) is 5.51. The maximum absolute atomic E-state index is 12.7. The molecular formula is C19H30N5O3+. The molecule has 0 saturated carbocycles. The van der Waals surface area contributed by atoms with Gasteiger partial charge in [-0.25, -0.2) is 9.48 Å². The number of carbonyl (C=O) groups is 1. The molecule has 1 amide bonds. The van der Waals surface area contributed by atoms with Gasteiger partial charge in [-0.2, -0.15) is 5.10 Å². The minimum atomic E-state index is -0.565. The molecule has 1 aliphatic heterocycles. The summed E-state index contributed by atoms with van der Waals surface area (Å²) in [4.78, 5) is 14.4. The maximum atomic E-state index is 12.7. The number of quaternary nitrogens is 1. The number of allylic oxidation sites excluding steroid dienone is 2. The largest absolute Gasteiger partial charge is 0.444 e. The van der Waals surface area contributed by atoms with Crippen molar-refractivity contribution in [1.82, 2.24) is 14.7 Å². The summed E-state index contributed by atoms with van der Waals surface area (Å²) in [6.45, 7) is 8.96. The maximum Gasteiger partial charge on any atom is 0.411 e. The molecule has 0 spiro atoms. The molecule has 1 aromatic rings. The van der Waals surface area contributed by atoms with Gasteiger partial charge in [0.15, 0.2) is 5.70 Å². The topological polar surface area (TPSA) is 97.0 Å². The first-order valence-electron chi connectivity index (χ1n) is 9.01. The zero-order valence-corrected chi connectivity index (χ0v) is 16.7. The molecule has 0 radical (unpaired) electrons. The first kappa shape index (κ1) is 20.9. The molecule has 0 bridgehead atoms. The summed E-state index contributed by atoms with van der Waals surface area (Å²) in [6, 6.07) is -0.0674. The third-order valence-corrected chi connectivity index (χ3v) is 4.05. The summed E-state index contributed by atoms with van der Waals surface area (Å²) >= 11 is 0. The molecule has 3 N–H and O–H groups in total. The summed E-state index contributed by atoms with van der Waals surface area (Å²) in [5.41, 5.74) is 1.85. The fraction of sp³-hybridized carbons (Fsp3) is 0.526. The molecule has 1 aromatic heterocycles. The first-order chi connectivity index (χ1) is 12.8. The number of nitrogens with one attached hydrogen (secondary N) is 1. The van der Waals surface area contributed by atoms with Crippen LogP contribution in [0.4, 0.5) is 4.79 Å². The van der Waals surface area contributed by atoms with Gasteiger partial charge in [0.05, 0.1) is 12.8 Å². The van der Waals surface area contributed by atoms with Crippen LogP contribution in [0.5, 0.6) is 0 Å². The van der Waals surface area contributed by atoms with E-state index in [0.717, 1.165) is 11.3 Å². The van der Waals surface area contributed by atoms with Crippen LogP contribution in [0.25, 0.3) is 5.70 Å². The highest BCUT2D eigenvalue weighted by molar-refractivity contribution is 6.01. The number of rotatable bonds is 5. The highest BCUT2D eigenvalue weighted by Gasteiger charge is 2.34. The van der Waals surface area contributed by atoms with Crippen molar-refractivity contribution in [1.29, 1.82) is 5.41 Å². The van der Waals surface area contributed by atoms with E-state index in [4.69, 9.17) is 14.9 Å². The second kappa shape index (κ2) is 8.96. The van der Waals surface area contributed by atoms with Crippen LogP contribution >= 0.6 is 0 Å². The van der Waals surface area contributed by atoms with Crippen LogP contribution < -0.4 is 5.32 Å². The van der Waals surface area contributed by atoms with E-state index in [2.05, 4.69) is 10.4 Å². The van der Waals surface area contributed by atoms with Crippen LogP contribution in [-0.4, -0.2) is 58.8 Å². The Labute approximate surface area is 160 Å². The molecule has 0 aliphatic carbocycles. The lowest BCUT2D eigenvalue weighted by Crippen LogP contribution is -2.90. The highest BCUT2D eigenvalue weighted by atomic mass is 16.6. The number of piperazine rings is 1. The van der Waals surface area contributed by atoms with Crippen molar-refractivity contribution in [3.8, 4) is 0 Å². The quantitative estimate of drug-likeness (QED) is 0.603. The van der Waals surface area contributed by atoms with E-state index in [-0.39, 0.29) is 12.1 Å². The Kier molecular flexibility index (Phi) is 6.92. The number of methoxy groups -OCH3 is 1. The van der Waals surface area contributed by atoms with Crippen LogP contribution in [-0.2, 0) is 16.1 Å². The van der Waals surface area contributed by atoms with Gasteiger partial charge in [0.1, 0.15) is 30.4 Å². The van der Waals surface area contributed by atoms with Gasteiger partial charge in [-0.15, -0.1) is 0 Å². The zero-order chi connectivity index (χ0) is 20.0. The molecule has 8 nitrogen and oxygen atoms in total. The van der Waals surface area contributed by atoms with Crippen molar-refractivity contribution < 1.29 is 19.6 Å². The summed E-state index contributed by atoms with van der Waals surface area (Å²) in [5, 5.41) is 14.2. The van der Waals surface area contributed by atoms with Gasteiger partial charge in [-0.1, -0.05) is 12.2 Å². The molecule has 0 aromatic carbocycles. The van der Waals surface area contributed by atoms with Gasteiger partial charge >= 0.3 is 6.09 Å². The summed E-state index contributed by atoms with van der Waals surface area (Å²) in [6.07, 6.45) is 8.38. The van der Waals surface area contributed by atoms with E-state index in [1.54, 1.807) is 22.9 Å². The number of amides is 1. The standard InChI is InChI=1S/C19H29N5O3/c1-6-7-15-10-21-16(12-23(15)18(25)27-19(2,3)4)17(8-20)24-11-14(9-22-24)13-26-5/h6-9,11,15,20-21H,10,12-13H2,1-5H3/p+1/b7-6+,17-16+,20-8?/t15-/m0/s1. The van der Waals surface area contributed by atoms with Crippen LogP contribution in [0.3, 0.4) is 0 Å². The molecule has 8 heteroatoms. The van der Waals surface area contributed by atoms with Crippen molar-refractivity contribution in [2.45, 2.75) is 45.9 Å². The Morgan fingerprint density at radius 2 is 2.22 bits per heavy atom. The smallest absolute Gasteiger partial charge is 0.411 e. The van der Waals surface area contributed by atoms with Crippen molar-refractivity contribution >= 4 is 18.0 Å². The van der Waals surface area contributed by atoms with Crippen molar-refractivity contribution in [2.75, 3.05) is 20.2 Å². The Bertz CT molecular complexity index is 730. The van der Waals surface area contributed by atoms with E-state index < -0.39 is 5.60 Å². The molecule has 2 heterocycles. The molecule has 1 fully saturated rings. The van der Waals surface area contributed by atoms with Crippen molar-refractivity contribution in [3.05, 3.63) is 35.8 Å². The van der Waals surface area contributed by atoms with Crippen LogP contribution in [0, 0.1) is 5.41 Å².